The molecule has 2 aliphatic heterocycles. The van der Waals surface area contributed by atoms with E-state index in [1.54, 1.807) is 4.31 Å². The maximum Gasteiger partial charge on any atom is 0.216 e. The Morgan fingerprint density at radius 3 is 2.81 bits per heavy atom. The van der Waals surface area contributed by atoms with Crippen LogP contribution in [0.15, 0.2) is 0 Å². The summed E-state index contributed by atoms with van der Waals surface area (Å²) in [5.41, 5.74) is 0. The number of hydrogen-bond acceptors (Lipinski definition) is 4. The van der Waals surface area contributed by atoms with Gasteiger partial charge in [-0.05, 0) is 25.8 Å². The molecule has 6 heteroatoms. The van der Waals surface area contributed by atoms with Gasteiger partial charge in [0.25, 0.3) is 0 Å². The van der Waals surface area contributed by atoms with Crippen LogP contribution in [0.25, 0.3) is 0 Å². The molecule has 2 heterocycles. The maximum atomic E-state index is 12.2. The number of hydrogen-bond donors (Lipinski definition) is 1. The summed E-state index contributed by atoms with van der Waals surface area (Å²) in [7, 11) is -1.60. The largest absolute Gasteiger partial charge is 0.384 e. The highest BCUT2D eigenvalue weighted by molar-refractivity contribution is 7.89. The highest BCUT2D eigenvalue weighted by atomic mass is 32.2. The van der Waals surface area contributed by atoms with Gasteiger partial charge in [0.15, 0.2) is 0 Å². The van der Waals surface area contributed by atoms with E-state index in [1.165, 1.54) is 7.11 Å². The first-order valence-corrected chi connectivity index (χ1v) is 7.47. The van der Waals surface area contributed by atoms with E-state index in [0.29, 0.717) is 0 Å². The van der Waals surface area contributed by atoms with E-state index < -0.39 is 10.0 Å². The first kappa shape index (κ1) is 12.3. The molecular formula is C10H20N2O3S. The van der Waals surface area contributed by atoms with E-state index in [0.717, 1.165) is 32.4 Å². The molecule has 0 saturated carbocycles. The van der Waals surface area contributed by atoms with Gasteiger partial charge in [0.05, 0.1) is 12.4 Å². The van der Waals surface area contributed by atoms with Crippen LogP contribution >= 0.6 is 0 Å². The monoisotopic (exact) mass is 248 g/mol. The van der Waals surface area contributed by atoms with Gasteiger partial charge in [-0.2, -0.15) is 4.31 Å². The quantitative estimate of drug-likeness (QED) is 0.748. The van der Waals surface area contributed by atoms with E-state index in [4.69, 9.17) is 4.74 Å². The molecule has 0 amide bonds. The van der Waals surface area contributed by atoms with Crippen LogP contribution in [0, 0.1) is 0 Å². The Labute approximate surface area is 97.2 Å². The molecule has 0 aromatic heterocycles. The summed E-state index contributed by atoms with van der Waals surface area (Å²) < 4.78 is 31.0. The van der Waals surface area contributed by atoms with Gasteiger partial charge in [-0.3, -0.25) is 0 Å². The molecule has 2 saturated heterocycles. The third-order valence-corrected chi connectivity index (χ3v) is 5.38. The molecule has 0 spiro atoms. The molecule has 2 atom stereocenters. The van der Waals surface area contributed by atoms with Crippen molar-refractivity contribution >= 4 is 10.0 Å². The van der Waals surface area contributed by atoms with Gasteiger partial charge in [-0.25, -0.2) is 8.42 Å². The number of rotatable bonds is 4. The van der Waals surface area contributed by atoms with E-state index in [1.807, 2.05) is 0 Å². The van der Waals surface area contributed by atoms with E-state index in [9.17, 15) is 8.42 Å². The minimum Gasteiger partial charge on any atom is -0.384 e. The maximum absolute atomic E-state index is 12.2. The number of sulfonamides is 1. The summed E-state index contributed by atoms with van der Waals surface area (Å²) in [4.78, 5) is 0. The SMILES string of the molecule is COCCS(=O)(=O)N1C2CCNCC1CC2. The minimum absolute atomic E-state index is 0.108. The molecule has 2 unspecified atom stereocenters. The zero-order valence-corrected chi connectivity index (χ0v) is 10.5. The van der Waals surface area contributed by atoms with Crippen molar-refractivity contribution in [3.63, 3.8) is 0 Å². The lowest BCUT2D eigenvalue weighted by Crippen LogP contribution is -2.44. The summed E-state index contributed by atoms with van der Waals surface area (Å²) in [6, 6.07) is 0.371. The van der Waals surface area contributed by atoms with Crippen LogP contribution in [-0.2, 0) is 14.8 Å². The third kappa shape index (κ3) is 2.40. The van der Waals surface area contributed by atoms with Gasteiger partial charge < -0.3 is 10.1 Å². The van der Waals surface area contributed by atoms with Crippen molar-refractivity contribution in [2.24, 2.45) is 0 Å². The second-order valence-electron chi connectivity index (χ2n) is 4.52. The van der Waals surface area contributed by atoms with Crippen LogP contribution in [-0.4, -0.2) is 57.4 Å². The Bertz CT molecular complexity index is 317. The van der Waals surface area contributed by atoms with Gasteiger partial charge in [0, 0.05) is 25.7 Å². The summed E-state index contributed by atoms with van der Waals surface area (Å²) >= 11 is 0. The normalized spacial score (nSPS) is 31.6. The average molecular weight is 248 g/mol. The van der Waals surface area contributed by atoms with Crippen molar-refractivity contribution in [1.29, 1.82) is 0 Å². The van der Waals surface area contributed by atoms with Gasteiger partial charge in [0.1, 0.15) is 0 Å². The predicted molar refractivity (Wildman–Crippen MR) is 61.8 cm³/mol. The van der Waals surface area contributed by atoms with E-state index >= 15 is 0 Å². The third-order valence-electron chi connectivity index (χ3n) is 3.45. The summed E-state index contributed by atoms with van der Waals surface area (Å²) in [6.45, 7) is 2.01. The molecule has 0 radical (unpaired) electrons. The topological polar surface area (TPSA) is 58.6 Å². The Balaban J connectivity index is 2.12. The lowest BCUT2D eigenvalue weighted by Gasteiger charge is -2.26. The molecule has 0 aromatic carbocycles. The fraction of sp³-hybridized carbons (Fsp3) is 1.00. The van der Waals surface area contributed by atoms with Crippen LogP contribution in [0.1, 0.15) is 19.3 Å². The van der Waals surface area contributed by atoms with E-state index in [2.05, 4.69) is 5.32 Å². The van der Waals surface area contributed by atoms with Crippen LogP contribution in [0.4, 0.5) is 0 Å². The number of nitrogens with zero attached hydrogens (tertiary/aromatic N) is 1. The predicted octanol–water partition coefficient (Wildman–Crippen LogP) is -0.211. The van der Waals surface area contributed by atoms with Gasteiger partial charge in [-0.1, -0.05) is 0 Å². The lowest BCUT2D eigenvalue weighted by atomic mass is 10.1. The first-order chi connectivity index (χ1) is 7.65. The molecule has 0 aliphatic carbocycles. The molecule has 1 N–H and O–H groups in total. The molecule has 5 nitrogen and oxygen atoms in total. The second kappa shape index (κ2) is 5.00. The Morgan fingerprint density at radius 2 is 2.06 bits per heavy atom. The Hall–Kier alpha value is -0.170. The molecule has 16 heavy (non-hydrogen) atoms. The van der Waals surface area contributed by atoms with Crippen molar-refractivity contribution in [2.75, 3.05) is 32.6 Å². The van der Waals surface area contributed by atoms with Gasteiger partial charge in [0.2, 0.25) is 10.0 Å². The summed E-state index contributed by atoms with van der Waals surface area (Å²) in [5.74, 6) is 0.108. The zero-order valence-electron chi connectivity index (χ0n) is 9.68. The van der Waals surface area contributed by atoms with Crippen LogP contribution < -0.4 is 5.32 Å². The Kier molecular flexibility index (Phi) is 3.84. The molecule has 2 rings (SSSR count). The average Bonchev–Trinajstić information content (AvgIpc) is 2.50. The molecule has 2 bridgehead atoms. The molecule has 0 aromatic rings. The smallest absolute Gasteiger partial charge is 0.216 e. The molecule has 94 valence electrons. The van der Waals surface area contributed by atoms with Crippen LogP contribution in [0.3, 0.4) is 0 Å². The van der Waals surface area contributed by atoms with Crippen molar-refractivity contribution in [2.45, 2.75) is 31.3 Å². The Morgan fingerprint density at radius 1 is 1.31 bits per heavy atom. The van der Waals surface area contributed by atoms with Gasteiger partial charge in [-0.15, -0.1) is 0 Å². The standard InChI is InChI=1S/C10H20N2O3S/c1-15-6-7-16(13,14)12-9-2-3-10(12)8-11-5-4-9/h9-11H,2-8H2,1H3. The zero-order chi connectivity index (χ0) is 11.6. The number of methoxy groups -OCH3 is 1. The molecular weight excluding hydrogens is 228 g/mol. The van der Waals surface area contributed by atoms with Crippen molar-refractivity contribution in [3.8, 4) is 0 Å². The lowest BCUT2D eigenvalue weighted by molar-refractivity contribution is 0.214. The minimum atomic E-state index is -3.14. The fourth-order valence-electron chi connectivity index (χ4n) is 2.69. The summed E-state index contributed by atoms with van der Waals surface area (Å²) in [5, 5.41) is 3.30. The van der Waals surface area contributed by atoms with E-state index in [-0.39, 0.29) is 24.4 Å². The summed E-state index contributed by atoms with van der Waals surface area (Å²) in [6.07, 6.45) is 2.94. The number of ether oxygens (including phenoxy) is 1. The van der Waals surface area contributed by atoms with Crippen molar-refractivity contribution in [3.05, 3.63) is 0 Å². The van der Waals surface area contributed by atoms with Crippen LogP contribution in [0.5, 0.6) is 0 Å². The molecule has 2 fully saturated rings. The highest BCUT2D eigenvalue weighted by Gasteiger charge is 2.41. The number of fused-ring (bicyclic) bond motifs is 2. The van der Waals surface area contributed by atoms with Gasteiger partial charge >= 0.3 is 0 Å². The first-order valence-electron chi connectivity index (χ1n) is 5.86. The van der Waals surface area contributed by atoms with Crippen LogP contribution in [0.2, 0.25) is 0 Å². The van der Waals surface area contributed by atoms with Crippen molar-refractivity contribution in [1.82, 2.24) is 9.62 Å². The fourth-order valence-corrected chi connectivity index (χ4v) is 4.57. The number of nitrogens with one attached hydrogen (secondary N) is 1. The highest BCUT2D eigenvalue weighted by Crippen LogP contribution is 2.30. The second-order valence-corrected chi connectivity index (χ2v) is 6.51. The molecule has 2 aliphatic rings. The van der Waals surface area contributed by atoms with Crippen molar-refractivity contribution < 1.29 is 13.2 Å².